The van der Waals surface area contributed by atoms with Crippen LogP contribution in [0.1, 0.15) is 12.5 Å². The molecule has 7 nitrogen and oxygen atoms in total. The maximum atomic E-state index is 12.4. The first kappa shape index (κ1) is 18.1. The van der Waals surface area contributed by atoms with E-state index in [9.17, 15) is 9.59 Å². The molecular formula is C19H25N5O2. The van der Waals surface area contributed by atoms with Gasteiger partial charge in [-0.05, 0) is 12.5 Å². The summed E-state index contributed by atoms with van der Waals surface area (Å²) in [5.74, 6) is 0.0394. The first-order chi connectivity index (χ1) is 12.5. The lowest BCUT2D eigenvalue weighted by Crippen LogP contribution is -2.54. The maximum absolute atomic E-state index is 12.4. The SMILES string of the molecule is CC(C(=O)NCc1ccccc1)N1CCN(c2cnn(C)c(=O)c2)CC1. The molecule has 1 saturated heterocycles. The molecule has 2 aromatic rings. The van der Waals surface area contributed by atoms with E-state index in [1.807, 2.05) is 37.3 Å². The predicted octanol–water partition coefficient (Wildman–Crippen LogP) is 0.607. The van der Waals surface area contributed by atoms with Crippen molar-refractivity contribution < 1.29 is 4.79 Å². The smallest absolute Gasteiger partial charge is 0.268 e. The summed E-state index contributed by atoms with van der Waals surface area (Å²) in [6, 6.07) is 11.3. The quantitative estimate of drug-likeness (QED) is 0.851. The first-order valence-corrected chi connectivity index (χ1v) is 8.88. The largest absolute Gasteiger partial charge is 0.368 e. The van der Waals surface area contributed by atoms with Crippen molar-refractivity contribution in [3.63, 3.8) is 0 Å². The normalized spacial score (nSPS) is 16.3. The van der Waals surface area contributed by atoms with Crippen LogP contribution in [0.4, 0.5) is 5.69 Å². The molecule has 26 heavy (non-hydrogen) atoms. The molecule has 1 aromatic heterocycles. The van der Waals surface area contributed by atoms with Gasteiger partial charge in [-0.3, -0.25) is 14.5 Å². The number of carbonyl (C=O) groups is 1. The van der Waals surface area contributed by atoms with Crippen molar-refractivity contribution in [2.45, 2.75) is 19.5 Å². The van der Waals surface area contributed by atoms with Gasteiger partial charge in [0.2, 0.25) is 5.91 Å². The second kappa shape index (κ2) is 8.14. The summed E-state index contributed by atoms with van der Waals surface area (Å²) in [5.41, 5.74) is 1.82. The van der Waals surface area contributed by atoms with Gasteiger partial charge in [-0.25, -0.2) is 4.68 Å². The Labute approximate surface area is 153 Å². The molecule has 0 aliphatic carbocycles. The van der Waals surface area contributed by atoms with E-state index in [1.54, 1.807) is 19.3 Å². The van der Waals surface area contributed by atoms with Gasteiger partial charge in [-0.2, -0.15) is 5.10 Å². The van der Waals surface area contributed by atoms with Crippen LogP contribution in [0.5, 0.6) is 0 Å². The minimum Gasteiger partial charge on any atom is -0.368 e. The second-order valence-electron chi connectivity index (χ2n) is 6.58. The number of aromatic nitrogens is 2. The zero-order valence-corrected chi connectivity index (χ0v) is 15.3. The van der Waals surface area contributed by atoms with Crippen molar-refractivity contribution in [3.8, 4) is 0 Å². The van der Waals surface area contributed by atoms with Gasteiger partial charge in [0, 0.05) is 45.8 Å². The highest BCUT2D eigenvalue weighted by atomic mass is 16.2. The van der Waals surface area contributed by atoms with Gasteiger partial charge >= 0.3 is 0 Å². The third-order valence-corrected chi connectivity index (χ3v) is 4.87. The Morgan fingerprint density at radius 3 is 2.54 bits per heavy atom. The van der Waals surface area contributed by atoms with Crippen LogP contribution in [0.25, 0.3) is 0 Å². The number of nitrogens with one attached hydrogen (secondary N) is 1. The van der Waals surface area contributed by atoms with Crippen molar-refractivity contribution in [2.24, 2.45) is 7.05 Å². The van der Waals surface area contributed by atoms with Crippen LogP contribution in [0.2, 0.25) is 0 Å². The molecule has 2 heterocycles. The van der Waals surface area contributed by atoms with Gasteiger partial charge < -0.3 is 10.2 Å². The van der Waals surface area contributed by atoms with Crippen molar-refractivity contribution >= 4 is 11.6 Å². The number of aryl methyl sites for hydroxylation is 1. The lowest BCUT2D eigenvalue weighted by atomic mass is 10.2. The van der Waals surface area contributed by atoms with Crippen molar-refractivity contribution in [2.75, 3.05) is 31.1 Å². The van der Waals surface area contributed by atoms with E-state index in [4.69, 9.17) is 0 Å². The number of hydrogen-bond acceptors (Lipinski definition) is 5. The molecule has 1 aliphatic rings. The zero-order valence-electron chi connectivity index (χ0n) is 15.3. The predicted molar refractivity (Wildman–Crippen MR) is 101 cm³/mol. The third kappa shape index (κ3) is 4.29. The van der Waals surface area contributed by atoms with Crippen LogP contribution in [-0.2, 0) is 18.4 Å². The molecule has 1 fully saturated rings. The molecule has 3 rings (SSSR count). The summed E-state index contributed by atoms with van der Waals surface area (Å²) < 4.78 is 1.32. The topological polar surface area (TPSA) is 70.5 Å². The fourth-order valence-electron chi connectivity index (χ4n) is 3.10. The summed E-state index contributed by atoms with van der Waals surface area (Å²) in [6.07, 6.45) is 1.72. The van der Waals surface area contributed by atoms with Gasteiger partial charge in [0.15, 0.2) is 0 Å². The average Bonchev–Trinajstić information content (AvgIpc) is 2.68. The molecule has 7 heteroatoms. The molecule has 0 saturated carbocycles. The molecule has 0 radical (unpaired) electrons. The standard InChI is InChI=1S/C19H25N5O2/c1-15(19(26)20-13-16-6-4-3-5-7-16)23-8-10-24(11-9-23)17-12-18(25)22(2)21-14-17/h3-7,12,14-15H,8-11,13H2,1-2H3,(H,20,26). The monoisotopic (exact) mass is 355 g/mol. The number of carbonyl (C=O) groups excluding carboxylic acids is 1. The van der Waals surface area contributed by atoms with Crippen molar-refractivity contribution in [1.82, 2.24) is 20.0 Å². The molecular weight excluding hydrogens is 330 g/mol. The number of anilines is 1. The fraction of sp³-hybridized carbons (Fsp3) is 0.421. The molecule has 1 N–H and O–H groups in total. The van der Waals surface area contributed by atoms with E-state index in [2.05, 4.69) is 20.2 Å². The van der Waals surface area contributed by atoms with E-state index < -0.39 is 0 Å². The number of benzene rings is 1. The highest BCUT2D eigenvalue weighted by molar-refractivity contribution is 5.81. The minimum atomic E-state index is -0.178. The van der Waals surface area contributed by atoms with E-state index in [1.165, 1.54) is 4.68 Å². The number of piperazine rings is 1. The summed E-state index contributed by atoms with van der Waals surface area (Å²) in [7, 11) is 1.64. The van der Waals surface area contributed by atoms with Crippen LogP contribution >= 0.6 is 0 Å². The number of amides is 1. The van der Waals surface area contributed by atoms with E-state index in [0.29, 0.717) is 6.54 Å². The van der Waals surface area contributed by atoms with Crippen LogP contribution in [0.15, 0.2) is 47.4 Å². The number of hydrogen-bond donors (Lipinski definition) is 1. The highest BCUT2D eigenvalue weighted by Gasteiger charge is 2.25. The van der Waals surface area contributed by atoms with Crippen LogP contribution in [-0.4, -0.2) is 52.8 Å². The first-order valence-electron chi connectivity index (χ1n) is 8.88. The number of nitrogens with zero attached hydrogens (tertiary/aromatic N) is 4. The molecule has 0 bridgehead atoms. The third-order valence-electron chi connectivity index (χ3n) is 4.87. The zero-order chi connectivity index (χ0) is 18.5. The van der Waals surface area contributed by atoms with E-state index in [-0.39, 0.29) is 17.5 Å². The van der Waals surface area contributed by atoms with Gasteiger partial charge in [0.1, 0.15) is 0 Å². The summed E-state index contributed by atoms with van der Waals surface area (Å²) in [6.45, 7) is 5.57. The van der Waals surface area contributed by atoms with Gasteiger partial charge in [-0.15, -0.1) is 0 Å². The molecule has 1 aromatic carbocycles. The van der Waals surface area contributed by atoms with E-state index in [0.717, 1.165) is 37.4 Å². The van der Waals surface area contributed by atoms with Crippen LogP contribution in [0, 0.1) is 0 Å². The van der Waals surface area contributed by atoms with Crippen molar-refractivity contribution in [1.29, 1.82) is 0 Å². The summed E-state index contributed by atoms with van der Waals surface area (Å²) >= 11 is 0. The van der Waals surface area contributed by atoms with Crippen LogP contribution in [0.3, 0.4) is 0 Å². The van der Waals surface area contributed by atoms with E-state index >= 15 is 0 Å². The van der Waals surface area contributed by atoms with Crippen molar-refractivity contribution in [3.05, 3.63) is 58.5 Å². The summed E-state index contributed by atoms with van der Waals surface area (Å²) in [5, 5.41) is 7.08. The van der Waals surface area contributed by atoms with Gasteiger partial charge in [-0.1, -0.05) is 30.3 Å². The van der Waals surface area contributed by atoms with Gasteiger partial charge in [0.25, 0.3) is 5.56 Å². The number of rotatable bonds is 5. The molecule has 0 spiro atoms. The molecule has 1 amide bonds. The Morgan fingerprint density at radius 2 is 1.88 bits per heavy atom. The molecule has 1 atom stereocenters. The molecule has 1 aliphatic heterocycles. The van der Waals surface area contributed by atoms with Crippen LogP contribution < -0.4 is 15.8 Å². The fourth-order valence-corrected chi connectivity index (χ4v) is 3.10. The maximum Gasteiger partial charge on any atom is 0.268 e. The lowest BCUT2D eigenvalue weighted by Gasteiger charge is -2.38. The Morgan fingerprint density at radius 1 is 1.19 bits per heavy atom. The Bertz CT molecular complexity index is 797. The minimum absolute atomic E-state index is 0.0394. The Balaban J connectivity index is 1.51. The average molecular weight is 355 g/mol. The lowest BCUT2D eigenvalue weighted by molar-refractivity contribution is -0.126. The Kier molecular flexibility index (Phi) is 5.68. The van der Waals surface area contributed by atoms with Gasteiger partial charge in [0.05, 0.1) is 17.9 Å². The molecule has 138 valence electrons. The highest BCUT2D eigenvalue weighted by Crippen LogP contribution is 2.14. The summed E-state index contributed by atoms with van der Waals surface area (Å²) in [4.78, 5) is 28.5. The Hall–Kier alpha value is -2.67. The second-order valence-corrected chi connectivity index (χ2v) is 6.58. The molecule has 1 unspecified atom stereocenters.